The number of piperidine rings is 1. The topological polar surface area (TPSA) is 41.6 Å². The van der Waals surface area contributed by atoms with Gasteiger partial charge in [-0.2, -0.15) is 0 Å². The fraction of sp³-hybridized carbons (Fsp3) is 0.944. The lowest BCUT2D eigenvalue weighted by Gasteiger charge is -2.36. The summed E-state index contributed by atoms with van der Waals surface area (Å²) in [6.45, 7) is 4.01. The second kappa shape index (κ2) is 8.30. The van der Waals surface area contributed by atoms with Crippen LogP contribution in [0.1, 0.15) is 64.2 Å². The van der Waals surface area contributed by atoms with Crippen LogP contribution in [0.5, 0.6) is 0 Å². The molecule has 0 aromatic carbocycles. The summed E-state index contributed by atoms with van der Waals surface area (Å²) in [7, 11) is 0. The molecule has 4 heteroatoms. The summed E-state index contributed by atoms with van der Waals surface area (Å²) >= 11 is 0. The summed E-state index contributed by atoms with van der Waals surface area (Å²) in [6.07, 6.45) is 12.6. The van der Waals surface area contributed by atoms with Gasteiger partial charge in [0.1, 0.15) is 0 Å². The minimum atomic E-state index is 0.363. The molecule has 22 heavy (non-hydrogen) atoms. The van der Waals surface area contributed by atoms with Gasteiger partial charge in [0.2, 0.25) is 5.91 Å². The Kier molecular flexibility index (Phi) is 6.13. The molecule has 0 aromatic rings. The molecular weight excluding hydrogens is 276 g/mol. The highest BCUT2D eigenvalue weighted by Gasteiger charge is 2.31. The Labute approximate surface area is 135 Å². The van der Waals surface area contributed by atoms with E-state index in [0.717, 1.165) is 51.9 Å². The molecule has 0 radical (unpaired) electrons. The number of hydrogen-bond donors (Lipinski definition) is 1. The molecule has 3 rings (SSSR count). The van der Waals surface area contributed by atoms with Gasteiger partial charge in [0.05, 0.1) is 6.10 Å². The van der Waals surface area contributed by atoms with Crippen molar-refractivity contribution in [2.24, 2.45) is 5.92 Å². The van der Waals surface area contributed by atoms with Crippen LogP contribution in [0.3, 0.4) is 0 Å². The van der Waals surface area contributed by atoms with E-state index >= 15 is 0 Å². The fourth-order valence-corrected chi connectivity index (χ4v) is 3.89. The normalized spacial score (nSPS) is 27.1. The molecule has 1 aliphatic carbocycles. The Morgan fingerprint density at radius 2 is 1.86 bits per heavy atom. The van der Waals surface area contributed by atoms with Crippen LogP contribution in [0.25, 0.3) is 0 Å². The Morgan fingerprint density at radius 1 is 1.05 bits per heavy atom. The first-order valence-corrected chi connectivity index (χ1v) is 9.46. The third kappa shape index (κ3) is 4.45. The van der Waals surface area contributed by atoms with Gasteiger partial charge >= 0.3 is 0 Å². The summed E-state index contributed by atoms with van der Waals surface area (Å²) in [5, 5.41) is 3.68. The van der Waals surface area contributed by atoms with E-state index in [2.05, 4.69) is 10.2 Å². The Hall–Kier alpha value is -0.610. The lowest BCUT2D eigenvalue weighted by molar-refractivity contribution is -0.139. The molecule has 0 spiro atoms. The van der Waals surface area contributed by atoms with E-state index in [1.165, 1.54) is 38.5 Å². The fourth-order valence-electron chi connectivity index (χ4n) is 3.89. The third-order valence-corrected chi connectivity index (χ3v) is 5.67. The van der Waals surface area contributed by atoms with Crippen molar-refractivity contribution in [2.75, 3.05) is 26.2 Å². The first-order chi connectivity index (χ1) is 10.8. The van der Waals surface area contributed by atoms with E-state index in [1.54, 1.807) is 0 Å². The summed E-state index contributed by atoms with van der Waals surface area (Å²) in [5.41, 5.74) is 0. The third-order valence-electron chi connectivity index (χ3n) is 5.67. The average molecular weight is 308 g/mol. The molecule has 2 heterocycles. The van der Waals surface area contributed by atoms with Gasteiger partial charge in [0.15, 0.2) is 0 Å². The number of nitrogens with one attached hydrogen (secondary N) is 1. The van der Waals surface area contributed by atoms with Crippen LogP contribution < -0.4 is 5.32 Å². The highest BCUT2D eigenvalue weighted by atomic mass is 16.5. The summed E-state index contributed by atoms with van der Waals surface area (Å²) in [6, 6.07) is 0.619. The Morgan fingerprint density at radius 3 is 2.50 bits per heavy atom. The zero-order valence-electron chi connectivity index (χ0n) is 13.9. The van der Waals surface area contributed by atoms with E-state index in [4.69, 9.17) is 4.74 Å². The molecule has 0 aromatic heterocycles. The molecule has 4 nitrogen and oxygen atoms in total. The molecule has 1 atom stereocenters. The maximum absolute atomic E-state index is 12.2. The molecule has 3 aliphatic rings. The van der Waals surface area contributed by atoms with Crippen LogP contribution >= 0.6 is 0 Å². The van der Waals surface area contributed by atoms with Crippen molar-refractivity contribution in [3.05, 3.63) is 0 Å². The van der Waals surface area contributed by atoms with Crippen molar-refractivity contribution < 1.29 is 9.53 Å². The standard InChI is InChI=1S/C18H32N2O2/c21-18(15-5-3-6-15)20-12-9-16(10-13-20)19-11-2-1-7-17-8-4-14-22-17/h15-17,19H,1-14H2. The van der Waals surface area contributed by atoms with Gasteiger partial charge in [-0.25, -0.2) is 0 Å². The monoisotopic (exact) mass is 308 g/mol. The van der Waals surface area contributed by atoms with Crippen molar-refractivity contribution in [3.8, 4) is 0 Å². The second-order valence-corrected chi connectivity index (χ2v) is 7.31. The Bertz CT molecular complexity index is 343. The first-order valence-electron chi connectivity index (χ1n) is 9.46. The number of unbranched alkanes of at least 4 members (excludes halogenated alkanes) is 1. The van der Waals surface area contributed by atoms with Crippen molar-refractivity contribution >= 4 is 5.91 Å². The molecule has 3 fully saturated rings. The molecule has 126 valence electrons. The summed E-state index contributed by atoms with van der Waals surface area (Å²) in [4.78, 5) is 14.3. The lowest BCUT2D eigenvalue weighted by atomic mass is 9.84. The van der Waals surface area contributed by atoms with E-state index in [-0.39, 0.29) is 0 Å². The van der Waals surface area contributed by atoms with Crippen LogP contribution in [-0.2, 0) is 9.53 Å². The highest BCUT2D eigenvalue weighted by molar-refractivity contribution is 5.79. The van der Waals surface area contributed by atoms with Gasteiger partial charge in [0, 0.05) is 31.7 Å². The van der Waals surface area contributed by atoms with Crippen molar-refractivity contribution in [1.82, 2.24) is 10.2 Å². The molecular formula is C18H32N2O2. The van der Waals surface area contributed by atoms with Crippen LogP contribution in [-0.4, -0.2) is 49.2 Å². The molecule has 1 saturated carbocycles. The molecule has 2 saturated heterocycles. The smallest absolute Gasteiger partial charge is 0.225 e. The average Bonchev–Trinajstić information content (AvgIpc) is 2.99. The first kappa shape index (κ1) is 16.3. The minimum Gasteiger partial charge on any atom is -0.378 e. The van der Waals surface area contributed by atoms with E-state index in [1.807, 2.05) is 0 Å². The number of nitrogens with zero attached hydrogens (tertiary/aromatic N) is 1. The maximum Gasteiger partial charge on any atom is 0.225 e. The molecule has 0 bridgehead atoms. The highest BCUT2D eigenvalue weighted by Crippen LogP contribution is 2.29. The van der Waals surface area contributed by atoms with Gasteiger partial charge < -0.3 is 15.0 Å². The number of ether oxygens (including phenoxy) is 1. The van der Waals surface area contributed by atoms with E-state index in [0.29, 0.717) is 24.0 Å². The lowest BCUT2D eigenvalue weighted by Crippen LogP contribution is -2.47. The van der Waals surface area contributed by atoms with Crippen molar-refractivity contribution in [2.45, 2.75) is 76.4 Å². The van der Waals surface area contributed by atoms with Gasteiger partial charge in [-0.05, 0) is 64.3 Å². The number of carbonyl (C=O) groups is 1. The van der Waals surface area contributed by atoms with Gasteiger partial charge in [-0.3, -0.25) is 4.79 Å². The number of carbonyl (C=O) groups excluding carboxylic acids is 1. The number of rotatable bonds is 7. The van der Waals surface area contributed by atoms with Crippen molar-refractivity contribution in [3.63, 3.8) is 0 Å². The van der Waals surface area contributed by atoms with E-state index in [9.17, 15) is 4.79 Å². The van der Waals surface area contributed by atoms with E-state index < -0.39 is 0 Å². The zero-order valence-corrected chi connectivity index (χ0v) is 13.9. The molecule has 1 amide bonds. The van der Waals surface area contributed by atoms with Crippen LogP contribution in [0.2, 0.25) is 0 Å². The second-order valence-electron chi connectivity index (χ2n) is 7.31. The summed E-state index contributed by atoms with van der Waals surface area (Å²) < 4.78 is 5.66. The Balaban J connectivity index is 1.22. The minimum absolute atomic E-state index is 0.363. The van der Waals surface area contributed by atoms with Gasteiger partial charge in [0.25, 0.3) is 0 Å². The number of likely N-dealkylation sites (tertiary alicyclic amines) is 1. The van der Waals surface area contributed by atoms with Crippen molar-refractivity contribution in [1.29, 1.82) is 0 Å². The molecule has 1 unspecified atom stereocenters. The molecule has 1 N–H and O–H groups in total. The van der Waals surface area contributed by atoms with Crippen LogP contribution in [0.4, 0.5) is 0 Å². The van der Waals surface area contributed by atoms with Crippen LogP contribution in [0.15, 0.2) is 0 Å². The maximum atomic E-state index is 12.2. The number of amides is 1. The van der Waals surface area contributed by atoms with Crippen LogP contribution in [0, 0.1) is 5.92 Å². The predicted molar refractivity (Wildman–Crippen MR) is 87.8 cm³/mol. The quantitative estimate of drug-likeness (QED) is 0.735. The largest absolute Gasteiger partial charge is 0.378 e. The summed E-state index contributed by atoms with van der Waals surface area (Å²) in [5.74, 6) is 0.795. The van der Waals surface area contributed by atoms with Gasteiger partial charge in [-0.1, -0.05) is 6.42 Å². The molecule has 2 aliphatic heterocycles. The van der Waals surface area contributed by atoms with Gasteiger partial charge in [-0.15, -0.1) is 0 Å². The number of hydrogen-bond acceptors (Lipinski definition) is 3. The predicted octanol–water partition coefficient (Wildman–Crippen LogP) is 2.72. The zero-order chi connectivity index (χ0) is 15.2. The SMILES string of the molecule is O=C(C1CCC1)N1CCC(NCCCCC2CCCO2)CC1.